The number of benzene rings is 1. The average molecular weight is 235 g/mol. The van der Waals surface area contributed by atoms with Gasteiger partial charge in [-0.15, -0.1) is 0 Å². The Morgan fingerprint density at radius 3 is 1.82 bits per heavy atom. The first-order valence-electron chi connectivity index (χ1n) is 2.43. The van der Waals surface area contributed by atoms with Gasteiger partial charge in [-0.2, -0.15) is 4.90 Å². The predicted octanol–water partition coefficient (Wildman–Crippen LogP) is 0.557. The van der Waals surface area contributed by atoms with Crippen LogP contribution < -0.4 is 29.6 Å². The van der Waals surface area contributed by atoms with Crippen LogP contribution in [0.1, 0.15) is 0 Å². The molecule has 0 fully saturated rings. The Hall–Kier alpha value is 1.31. The van der Waals surface area contributed by atoms with Gasteiger partial charge in [0.15, 0.2) is 0 Å². The summed E-state index contributed by atoms with van der Waals surface area (Å²) in [5.41, 5.74) is 0. The quantitative estimate of drug-likeness (QED) is 0.360. The third-order valence-electron chi connectivity index (χ3n) is 0.975. The van der Waals surface area contributed by atoms with Crippen LogP contribution in [0.2, 0.25) is 15.1 Å². The molecule has 5 heteroatoms. The van der Waals surface area contributed by atoms with Crippen molar-refractivity contribution in [3.05, 3.63) is 27.2 Å². The molecule has 0 saturated heterocycles. The zero-order chi connectivity index (χ0) is 7.72. The standard InChI is InChI=1S/C6H3Cl3S.Na/c7-3-1-5(9)6(10)2-4(3)8;/h1-2,10H;/q;+1/p-1. The van der Waals surface area contributed by atoms with E-state index in [-0.39, 0.29) is 29.6 Å². The Morgan fingerprint density at radius 1 is 0.909 bits per heavy atom. The second-order valence-electron chi connectivity index (χ2n) is 1.70. The minimum Gasteiger partial charge on any atom is -0.778 e. The van der Waals surface area contributed by atoms with Gasteiger partial charge in [0.1, 0.15) is 0 Å². The Morgan fingerprint density at radius 2 is 1.36 bits per heavy atom. The maximum Gasteiger partial charge on any atom is 1.00 e. The van der Waals surface area contributed by atoms with Gasteiger partial charge in [0.05, 0.1) is 10.0 Å². The summed E-state index contributed by atoms with van der Waals surface area (Å²) in [4.78, 5) is 0.524. The first-order chi connectivity index (χ1) is 4.61. The zero-order valence-electron chi connectivity index (χ0n) is 5.70. The number of hydrogen-bond acceptors (Lipinski definition) is 1. The summed E-state index contributed by atoms with van der Waals surface area (Å²) >= 11 is 21.7. The van der Waals surface area contributed by atoms with E-state index in [0.717, 1.165) is 0 Å². The van der Waals surface area contributed by atoms with Gasteiger partial charge in [-0.25, -0.2) is 0 Å². The molecule has 0 atom stereocenters. The van der Waals surface area contributed by atoms with Crippen molar-refractivity contribution >= 4 is 47.4 Å². The van der Waals surface area contributed by atoms with Gasteiger partial charge in [-0.05, 0) is 6.07 Å². The molecule has 0 aliphatic carbocycles. The van der Waals surface area contributed by atoms with Crippen molar-refractivity contribution in [2.45, 2.75) is 4.90 Å². The van der Waals surface area contributed by atoms with Gasteiger partial charge in [-0.1, -0.05) is 40.9 Å². The summed E-state index contributed by atoms with van der Waals surface area (Å²) in [5.74, 6) is 0. The largest absolute Gasteiger partial charge is 1.00 e. The van der Waals surface area contributed by atoms with Crippen molar-refractivity contribution in [2.24, 2.45) is 0 Å². The van der Waals surface area contributed by atoms with E-state index >= 15 is 0 Å². The van der Waals surface area contributed by atoms with Crippen LogP contribution in [0, 0.1) is 0 Å². The van der Waals surface area contributed by atoms with Crippen molar-refractivity contribution in [1.29, 1.82) is 0 Å². The van der Waals surface area contributed by atoms with Crippen LogP contribution in [-0.4, -0.2) is 0 Å². The third-order valence-corrected chi connectivity index (χ3v) is 2.46. The van der Waals surface area contributed by atoms with Crippen LogP contribution in [0.5, 0.6) is 0 Å². The van der Waals surface area contributed by atoms with Crippen LogP contribution in [-0.2, 0) is 12.6 Å². The molecule has 1 aromatic rings. The first-order valence-corrected chi connectivity index (χ1v) is 3.97. The summed E-state index contributed by atoms with van der Waals surface area (Å²) < 4.78 is 0. The van der Waals surface area contributed by atoms with E-state index in [1.807, 2.05) is 0 Å². The fourth-order valence-electron chi connectivity index (χ4n) is 0.504. The van der Waals surface area contributed by atoms with Crippen molar-refractivity contribution in [3.63, 3.8) is 0 Å². The van der Waals surface area contributed by atoms with Crippen LogP contribution in [0.15, 0.2) is 17.0 Å². The monoisotopic (exact) mass is 234 g/mol. The van der Waals surface area contributed by atoms with E-state index in [2.05, 4.69) is 0 Å². The number of hydrogen-bond donors (Lipinski definition) is 0. The van der Waals surface area contributed by atoms with E-state index in [1.165, 1.54) is 6.07 Å². The molecule has 0 saturated carbocycles. The molecule has 0 bridgehead atoms. The SMILES string of the molecule is [Na+].[S-]c1cc(Cl)c(Cl)cc1Cl. The van der Waals surface area contributed by atoms with E-state index in [9.17, 15) is 0 Å². The summed E-state index contributed by atoms with van der Waals surface area (Å²) in [6, 6.07) is 3.09. The molecule has 0 aliphatic heterocycles. The molecule has 54 valence electrons. The molecule has 1 rings (SSSR count). The van der Waals surface area contributed by atoms with Gasteiger partial charge in [0.2, 0.25) is 0 Å². The Bertz CT molecular complexity index is 214. The van der Waals surface area contributed by atoms with Crippen LogP contribution in [0.25, 0.3) is 0 Å². The van der Waals surface area contributed by atoms with Crippen molar-refractivity contribution in [3.8, 4) is 0 Å². The number of halogens is 3. The van der Waals surface area contributed by atoms with Gasteiger partial charge in [0, 0.05) is 5.02 Å². The topological polar surface area (TPSA) is 0 Å². The predicted molar refractivity (Wildman–Crippen MR) is 47.1 cm³/mol. The fraction of sp³-hybridized carbons (Fsp3) is 0. The van der Waals surface area contributed by atoms with Gasteiger partial charge in [0.25, 0.3) is 0 Å². The fourth-order valence-corrected chi connectivity index (χ4v) is 1.29. The molecule has 0 N–H and O–H groups in total. The van der Waals surface area contributed by atoms with E-state index < -0.39 is 0 Å². The number of rotatable bonds is 0. The molecule has 0 aliphatic rings. The molecule has 0 spiro atoms. The Kier molecular flexibility index (Phi) is 5.74. The molecule has 0 nitrogen and oxygen atoms in total. The van der Waals surface area contributed by atoms with Crippen molar-refractivity contribution in [1.82, 2.24) is 0 Å². The minimum absolute atomic E-state index is 0. The molecule has 11 heavy (non-hydrogen) atoms. The zero-order valence-corrected chi connectivity index (χ0v) is 10.8. The van der Waals surface area contributed by atoms with Crippen LogP contribution >= 0.6 is 34.8 Å². The summed E-state index contributed by atoms with van der Waals surface area (Å²) in [5, 5.41) is 1.33. The smallest absolute Gasteiger partial charge is 0.778 e. The minimum atomic E-state index is 0. The summed E-state index contributed by atoms with van der Waals surface area (Å²) in [6.45, 7) is 0. The van der Waals surface area contributed by atoms with Gasteiger partial charge >= 0.3 is 29.6 Å². The van der Waals surface area contributed by atoms with Gasteiger partial charge in [-0.3, -0.25) is 0 Å². The maximum absolute atomic E-state index is 5.64. The van der Waals surface area contributed by atoms with Crippen LogP contribution in [0.4, 0.5) is 0 Å². The molecule has 0 aromatic heterocycles. The van der Waals surface area contributed by atoms with Crippen LogP contribution in [0.3, 0.4) is 0 Å². The van der Waals surface area contributed by atoms with E-state index in [1.54, 1.807) is 6.07 Å². The first kappa shape index (κ1) is 12.3. The van der Waals surface area contributed by atoms with E-state index in [0.29, 0.717) is 20.0 Å². The Balaban J connectivity index is 0.000001000. The molecular formula is C6H2Cl3NaS. The summed E-state index contributed by atoms with van der Waals surface area (Å²) in [6.07, 6.45) is 0. The second kappa shape index (κ2) is 5.13. The molecule has 1 aromatic carbocycles. The molecule has 0 radical (unpaired) electrons. The molecule has 0 unspecified atom stereocenters. The van der Waals surface area contributed by atoms with Crippen molar-refractivity contribution < 1.29 is 29.6 Å². The summed E-state index contributed by atoms with van der Waals surface area (Å²) in [7, 11) is 0. The average Bonchev–Trinajstić information content (AvgIpc) is 1.84. The maximum atomic E-state index is 5.64. The second-order valence-corrected chi connectivity index (χ2v) is 3.36. The third kappa shape index (κ3) is 3.27. The molecule has 0 amide bonds. The van der Waals surface area contributed by atoms with Crippen molar-refractivity contribution in [2.75, 3.05) is 0 Å². The molecule has 0 heterocycles. The normalized spacial score (nSPS) is 9.00. The van der Waals surface area contributed by atoms with E-state index in [4.69, 9.17) is 47.4 Å². The van der Waals surface area contributed by atoms with Gasteiger partial charge < -0.3 is 12.6 Å². The molecular weight excluding hydrogens is 233 g/mol. The Labute approximate surface area is 108 Å².